The second kappa shape index (κ2) is 10.0. The Kier molecular flexibility index (Phi) is 7.00. The molecule has 1 aliphatic carbocycles. The van der Waals surface area contributed by atoms with Gasteiger partial charge in [0.05, 0.1) is 31.1 Å². The van der Waals surface area contributed by atoms with Crippen LogP contribution in [0.5, 0.6) is 0 Å². The number of ether oxygens (including phenoxy) is 1. The maximum atomic E-state index is 14.2. The molecule has 4 aromatic rings. The molecule has 5 heterocycles. The average molecular weight is 561 g/mol. The predicted molar refractivity (Wildman–Crippen MR) is 145 cm³/mol. The number of methoxy groups -OCH3 is 1. The zero-order valence-electron chi connectivity index (χ0n) is 22.0. The number of anilines is 2. The minimum Gasteiger partial charge on any atom is -0.378 e. The Hall–Kier alpha value is -3.32. The van der Waals surface area contributed by atoms with Gasteiger partial charge in [-0.05, 0) is 42.5 Å². The highest BCUT2D eigenvalue weighted by atomic mass is 32.1. The van der Waals surface area contributed by atoms with Gasteiger partial charge in [0.15, 0.2) is 5.82 Å². The molecule has 1 N–H and O–H groups in total. The Morgan fingerprint density at radius 1 is 1.18 bits per heavy atom. The van der Waals surface area contributed by atoms with Crippen LogP contribution in [0.2, 0.25) is 0 Å². The molecule has 0 unspecified atom stereocenters. The molecular formula is C26H31F3N8OS. The first-order valence-corrected chi connectivity index (χ1v) is 12.7. The Labute approximate surface area is 230 Å². The summed E-state index contributed by atoms with van der Waals surface area (Å²) < 4.78 is 53.8. The summed E-state index contributed by atoms with van der Waals surface area (Å²) in [4.78, 5) is 4.57. The van der Waals surface area contributed by atoms with E-state index in [0.29, 0.717) is 24.6 Å². The number of halogens is 3. The summed E-state index contributed by atoms with van der Waals surface area (Å²) in [6, 6.07) is 5.82. The number of nitrogens with one attached hydrogen (secondary N) is 1. The Morgan fingerprint density at radius 3 is 2.59 bits per heavy atom. The van der Waals surface area contributed by atoms with Gasteiger partial charge in [-0.2, -0.15) is 31.8 Å². The maximum Gasteiger partial charge on any atom is 0.401 e. The van der Waals surface area contributed by atoms with Crippen LogP contribution >= 0.6 is 13.5 Å². The van der Waals surface area contributed by atoms with Crippen LogP contribution in [-0.2, 0) is 36.7 Å². The fourth-order valence-corrected chi connectivity index (χ4v) is 5.54. The first-order chi connectivity index (χ1) is 18.2. The summed E-state index contributed by atoms with van der Waals surface area (Å²) in [5.41, 5.74) is 1.73. The van der Waals surface area contributed by atoms with E-state index in [1.807, 2.05) is 42.2 Å². The summed E-state index contributed by atoms with van der Waals surface area (Å²) in [5.74, 6) is 1.89. The van der Waals surface area contributed by atoms with Gasteiger partial charge in [-0.3, -0.25) is 4.68 Å². The lowest BCUT2D eigenvalue weighted by Crippen LogP contribution is -2.50. The van der Waals surface area contributed by atoms with Crippen LogP contribution in [0.15, 0.2) is 36.8 Å². The normalized spacial score (nSPS) is 17.9. The van der Waals surface area contributed by atoms with Crippen LogP contribution in [0.4, 0.5) is 24.8 Å². The first-order valence-electron chi connectivity index (χ1n) is 12.7. The molecule has 208 valence electrons. The van der Waals surface area contributed by atoms with Crippen molar-refractivity contribution in [2.45, 2.75) is 63.4 Å². The third-order valence-corrected chi connectivity index (χ3v) is 7.93. The van der Waals surface area contributed by atoms with Crippen LogP contribution in [0.25, 0.3) is 22.6 Å². The molecule has 4 aromatic heterocycles. The maximum absolute atomic E-state index is 14.2. The fourth-order valence-electron chi connectivity index (χ4n) is 5.54. The summed E-state index contributed by atoms with van der Waals surface area (Å²) in [7, 11) is 3.43. The third-order valence-electron chi connectivity index (χ3n) is 7.93. The molecule has 1 fully saturated rings. The van der Waals surface area contributed by atoms with Gasteiger partial charge in [0.1, 0.15) is 22.9 Å². The summed E-state index contributed by atoms with van der Waals surface area (Å²) in [6.07, 6.45) is 2.19. The van der Waals surface area contributed by atoms with Crippen molar-refractivity contribution in [2.24, 2.45) is 7.05 Å². The summed E-state index contributed by atoms with van der Waals surface area (Å²) in [5, 5.41) is 15.9. The van der Waals surface area contributed by atoms with Crippen molar-refractivity contribution >= 4 is 25.1 Å². The van der Waals surface area contributed by atoms with E-state index in [1.54, 1.807) is 22.6 Å². The molecular weight excluding hydrogens is 529 g/mol. The number of pyridine rings is 1. The number of hydrogen-bond donors (Lipinski definition) is 1. The van der Waals surface area contributed by atoms with E-state index in [-0.39, 0.29) is 44.8 Å². The van der Waals surface area contributed by atoms with E-state index >= 15 is 0 Å². The minimum absolute atomic E-state index is 0. The van der Waals surface area contributed by atoms with Gasteiger partial charge in [0.25, 0.3) is 0 Å². The van der Waals surface area contributed by atoms with Crippen LogP contribution < -0.4 is 5.32 Å². The number of aryl methyl sites for hydroxylation is 2. The van der Waals surface area contributed by atoms with Crippen molar-refractivity contribution in [3.8, 4) is 22.6 Å². The topological polar surface area (TPSA) is 87.6 Å². The van der Waals surface area contributed by atoms with Gasteiger partial charge < -0.3 is 19.2 Å². The fraction of sp³-hybridized carbons (Fsp3) is 0.462. The first kappa shape index (κ1) is 27.3. The van der Waals surface area contributed by atoms with E-state index in [1.165, 1.54) is 0 Å². The SMILES string of the molecule is CCc1cnc(Nc2ccnn2C)cc1-c1cc2n(c1)C[C@H](OC)Cn1c-2nnc1C1(C(F)(F)F)CCC1.S. The highest BCUT2D eigenvalue weighted by Crippen LogP contribution is 2.54. The second-order valence-electron chi connectivity index (χ2n) is 10.1. The molecule has 39 heavy (non-hydrogen) atoms. The zero-order chi connectivity index (χ0) is 26.7. The highest BCUT2D eigenvalue weighted by Gasteiger charge is 2.62. The van der Waals surface area contributed by atoms with Gasteiger partial charge in [0.2, 0.25) is 0 Å². The van der Waals surface area contributed by atoms with Gasteiger partial charge >= 0.3 is 6.18 Å². The minimum atomic E-state index is -4.39. The Morgan fingerprint density at radius 2 is 1.97 bits per heavy atom. The molecule has 13 heteroatoms. The van der Waals surface area contributed by atoms with E-state index in [0.717, 1.165) is 34.6 Å². The molecule has 1 aliphatic heterocycles. The molecule has 1 atom stereocenters. The number of alkyl halides is 3. The predicted octanol–water partition coefficient (Wildman–Crippen LogP) is 4.97. The lowest BCUT2D eigenvalue weighted by Gasteiger charge is -2.42. The van der Waals surface area contributed by atoms with Crippen LogP contribution in [0, 0.1) is 0 Å². The van der Waals surface area contributed by atoms with Gasteiger partial charge in [-0.1, -0.05) is 13.3 Å². The molecule has 9 nitrogen and oxygen atoms in total. The average Bonchev–Trinajstić information content (AvgIpc) is 3.54. The molecule has 0 radical (unpaired) electrons. The lowest BCUT2D eigenvalue weighted by molar-refractivity contribution is -0.216. The van der Waals surface area contributed by atoms with E-state index in [2.05, 4.69) is 32.5 Å². The Balaban J connectivity index is 0.00000308. The van der Waals surface area contributed by atoms with Crippen molar-refractivity contribution in [2.75, 3.05) is 12.4 Å². The zero-order valence-corrected chi connectivity index (χ0v) is 23.0. The molecule has 2 aliphatic rings. The van der Waals surface area contributed by atoms with Gasteiger partial charge in [0, 0.05) is 38.2 Å². The third kappa shape index (κ3) is 4.41. The van der Waals surface area contributed by atoms with Crippen molar-refractivity contribution in [3.05, 3.63) is 48.2 Å². The van der Waals surface area contributed by atoms with Crippen LogP contribution in [-0.4, -0.2) is 53.5 Å². The molecule has 0 amide bonds. The largest absolute Gasteiger partial charge is 0.401 e. The highest BCUT2D eigenvalue weighted by molar-refractivity contribution is 7.59. The summed E-state index contributed by atoms with van der Waals surface area (Å²) in [6.45, 7) is 2.81. The smallest absolute Gasteiger partial charge is 0.378 e. The van der Waals surface area contributed by atoms with Crippen LogP contribution in [0.3, 0.4) is 0 Å². The Bertz CT molecular complexity index is 1490. The van der Waals surface area contributed by atoms with Crippen LogP contribution in [0.1, 0.15) is 37.6 Å². The van der Waals surface area contributed by atoms with Crippen molar-refractivity contribution in [1.82, 2.24) is 34.1 Å². The number of nitrogens with zero attached hydrogens (tertiary/aromatic N) is 7. The number of hydrogen-bond acceptors (Lipinski definition) is 6. The molecule has 1 saturated carbocycles. The number of aromatic nitrogens is 7. The standard InChI is InChI=1S/C26H29F3N8O.H2S/c1-4-16-12-30-21(32-22-6-9-31-35(22)2)11-19(16)17-10-20-23-33-34-24(25(7-5-8-25)26(27,28)29)37(23)15-18(38-3)14-36(20)13-17;/h6,9-13,18H,4-5,7-8,14-15H2,1-3H3,(H,30,32);1H2/t18-;/m0./s1. The molecule has 0 bridgehead atoms. The van der Waals surface area contributed by atoms with Crippen molar-refractivity contribution < 1.29 is 17.9 Å². The number of fused-ring (bicyclic) bond motifs is 3. The van der Waals surface area contributed by atoms with Crippen molar-refractivity contribution in [1.29, 1.82) is 0 Å². The van der Waals surface area contributed by atoms with E-state index in [9.17, 15) is 13.2 Å². The molecule has 6 rings (SSSR count). The van der Waals surface area contributed by atoms with E-state index in [4.69, 9.17) is 4.74 Å². The van der Waals surface area contributed by atoms with E-state index < -0.39 is 11.6 Å². The lowest BCUT2D eigenvalue weighted by atomic mass is 9.67. The molecule has 0 saturated heterocycles. The van der Waals surface area contributed by atoms with Gasteiger partial charge in [-0.25, -0.2) is 4.98 Å². The van der Waals surface area contributed by atoms with Crippen molar-refractivity contribution in [3.63, 3.8) is 0 Å². The second-order valence-corrected chi connectivity index (χ2v) is 10.1. The monoisotopic (exact) mass is 560 g/mol. The quantitative estimate of drug-likeness (QED) is 0.358. The molecule has 0 aromatic carbocycles. The molecule has 0 spiro atoms. The van der Waals surface area contributed by atoms with Gasteiger partial charge in [-0.15, -0.1) is 10.2 Å². The summed E-state index contributed by atoms with van der Waals surface area (Å²) >= 11 is 0. The number of rotatable bonds is 6.